The topological polar surface area (TPSA) is 99.2 Å². The van der Waals surface area contributed by atoms with Crippen LogP contribution in [0.3, 0.4) is 0 Å². The summed E-state index contributed by atoms with van der Waals surface area (Å²) in [6, 6.07) is 18.3. The normalized spacial score (nSPS) is 14.2. The Morgan fingerprint density at radius 2 is 1.80 bits per heavy atom. The molecule has 25 heavy (non-hydrogen) atoms. The lowest BCUT2D eigenvalue weighted by atomic mass is 10.1. The van der Waals surface area contributed by atoms with Crippen molar-refractivity contribution in [2.45, 2.75) is 0 Å². The van der Waals surface area contributed by atoms with Gasteiger partial charge in [-0.15, -0.1) is 0 Å². The third-order valence-corrected chi connectivity index (χ3v) is 3.81. The number of anilines is 1. The third kappa shape index (κ3) is 2.78. The number of fused-ring (bicyclic) bond motifs is 1. The van der Waals surface area contributed by atoms with Crippen molar-refractivity contribution in [2.75, 3.05) is 5.32 Å². The molecule has 0 radical (unpaired) electrons. The largest absolute Gasteiger partial charge is 0.320 e. The summed E-state index contributed by atoms with van der Waals surface area (Å²) >= 11 is 0. The summed E-state index contributed by atoms with van der Waals surface area (Å²) in [6.45, 7) is 0. The lowest BCUT2D eigenvalue weighted by molar-refractivity contribution is -0.110. The van der Waals surface area contributed by atoms with Gasteiger partial charge in [-0.3, -0.25) is 14.7 Å². The number of benzene rings is 2. The van der Waals surface area contributed by atoms with E-state index >= 15 is 0 Å². The van der Waals surface area contributed by atoms with Crippen LogP contribution in [0.15, 0.2) is 65.8 Å². The van der Waals surface area contributed by atoms with Gasteiger partial charge in [0.15, 0.2) is 5.71 Å². The van der Waals surface area contributed by atoms with E-state index in [4.69, 9.17) is 0 Å². The number of carbonyl (C=O) groups excluding carboxylic acids is 2. The number of aromatic amines is 1. The van der Waals surface area contributed by atoms with Crippen LogP contribution in [-0.2, 0) is 4.79 Å². The van der Waals surface area contributed by atoms with Crippen LogP contribution in [0.4, 0.5) is 5.69 Å². The summed E-state index contributed by atoms with van der Waals surface area (Å²) in [7, 11) is 0. The molecule has 0 bridgehead atoms. The van der Waals surface area contributed by atoms with Gasteiger partial charge in [0.05, 0.1) is 11.4 Å². The molecule has 1 aliphatic rings. The van der Waals surface area contributed by atoms with Crippen LogP contribution >= 0.6 is 0 Å². The highest BCUT2D eigenvalue weighted by atomic mass is 16.2. The van der Waals surface area contributed by atoms with Crippen molar-refractivity contribution in [3.63, 3.8) is 0 Å². The van der Waals surface area contributed by atoms with Gasteiger partial charge in [-0.25, -0.2) is 5.43 Å². The second-order valence-electron chi connectivity index (χ2n) is 5.43. The van der Waals surface area contributed by atoms with Gasteiger partial charge in [-0.05, 0) is 12.1 Å². The molecule has 2 heterocycles. The van der Waals surface area contributed by atoms with Crippen molar-refractivity contribution in [1.82, 2.24) is 15.6 Å². The van der Waals surface area contributed by atoms with E-state index in [1.54, 1.807) is 24.3 Å². The number of para-hydroxylation sites is 1. The summed E-state index contributed by atoms with van der Waals surface area (Å²) in [4.78, 5) is 24.2. The minimum absolute atomic E-state index is 0.173. The van der Waals surface area contributed by atoms with Crippen LogP contribution in [0.1, 0.15) is 16.1 Å². The summed E-state index contributed by atoms with van der Waals surface area (Å²) in [5, 5.41) is 13.5. The molecule has 0 saturated carbocycles. The maximum absolute atomic E-state index is 12.2. The molecule has 0 saturated heterocycles. The minimum atomic E-state index is -0.473. The van der Waals surface area contributed by atoms with E-state index in [-0.39, 0.29) is 17.3 Å². The molecule has 0 aliphatic carbocycles. The van der Waals surface area contributed by atoms with Gasteiger partial charge in [0, 0.05) is 11.1 Å². The van der Waals surface area contributed by atoms with Crippen molar-refractivity contribution >= 4 is 23.2 Å². The number of carbonyl (C=O) groups is 2. The van der Waals surface area contributed by atoms with E-state index in [1.165, 1.54) is 0 Å². The van der Waals surface area contributed by atoms with Crippen LogP contribution in [0.5, 0.6) is 0 Å². The quantitative estimate of drug-likeness (QED) is 0.641. The Bertz CT molecular complexity index is 991. The predicted octanol–water partition coefficient (Wildman–Crippen LogP) is 2.16. The lowest BCUT2D eigenvalue weighted by Crippen LogP contribution is -2.23. The van der Waals surface area contributed by atoms with Gasteiger partial charge in [-0.2, -0.15) is 10.2 Å². The number of hydrogen-bond acceptors (Lipinski definition) is 4. The standard InChI is InChI=1S/C18H13N5O2/c24-17(15-10-14(20-21-15)11-6-2-1-3-7-11)23-22-16-12-8-4-5-9-13(12)19-18(16)25/h1-10H,(H,20,21)(H,23,24)(H,19,22,25). The molecule has 122 valence electrons. The summed E-state index contributed by atoms with van der Waals surface area (Å²) < 4.78 is 0. The fraction of sp³-hybridized carbons (Fsp3) is 0. The van der Waals surface area contributed by atoms with Crippen molar-refractivity contribution < 1.29 is 9.59 Å². The number of H-pyrrole nitrogens is 1. The summed E-state index contributed by atoms with van der Waals surface area (Å²) in [5.41, 5.74) is 5.71. The average Bonchev–Trinajstić information content (AvgIpc) is 3.25. The van der Waals surface area contributed by atoms with Crippen molar-refractivity contribution in [3.05, 3.63) is 71.9 Å². The predicted molar refractivity (Wildman–Crippen MR) is 93.1 cm³/mol. The van der Waals surface area contributed by atoms with Gasteiger partial charge in [-0.1, -0.05) is 48.5 Å². The number of rotatable bonds is 3. The van der Waals surface area contributed by atoms with Gasteiger partial charge in [0.1, 0.15) is 5.69 Å². The first-order chi connectivity index (χ1) is 12.2. The van der Waals surface area contributed by atoms with E-state index in [9.17, 15) is 9.59 Å². The van der Waals surface area contributed by atoms with Crippen LogP contribution in [-0.4, -0.2) is 27.7 Å². The van der Waals surface area contributed by atoms with E-state index in [2.05, 4.69) is 26.0 Å². The molecule has 7 heteroatoms. The first-order valence-corrected chi connectivity index (χ1v) is 7.62. The fourth-order valence-electron chi connectivity index (χ4n) is 2.58. The lowest BCUT2D eigenvalue weighted by Gasteiger charge is -1.98. The zero-order chi connectivity index (χ0) is 17.2. The zero-order valence-corrected chi connectivity index (χ0v) is 13.0. The number of nitrogens with one attached hydrogen (secondary N) is 3. The summed E-state index contributed by atoms with van der Waals surface area (Å²) in [5.74, 6) is -0.824. The highest BCUT2D eigenvalue weighted by Crippen LogP contribution is 2.22. The molecular formula is C18H13N5O2. The fourth-order valence-corrected chi connectivity index (χ4v) is 2.58. The Hall–Kier alpha value is -3.74. The van der Waals surface area contributed by atoms with Crippen molar-refractivity contribution in [2.24, 2.45) is 5.10 Å². The Morgan fingerprint density at radius 1 is 1.04 bits per heavy atom. The zero-order valence-electron chi connectivity index (χ0n) is 13.0. The minimum Gasteiger partial charge on any atom is -0.320 e. The Labute approximate surface area is 142 Å². The number of hydrazone groups is 1. The van der Waals surface area contributed by atoms with Crippen molar-refractivity contribution in [3.8, 4) is 11.3 Å². The molecule has 3 aromatic rings. The number of aromatic nitrogens is 2. The highest BCUT2D eigenvalue weighted by molar-refractivity contribution is 6.53. The average molecular weight is 331 g/mol. The molecule has 1 aromatic heterocycles. The Morgan fingerprint density at radius 3 is 2.64 bits per heavy atom. The van der Waals surface area contributed by atoms with Gasteiger partial charge >= 0.3 is 0 Å². The van der Waals surface area contributed by atoms with E-state index in [0.29, 0.717) is 16.9 Å². The molecule has 0 spiro atoms. The monoisotopic (exact) mass is 331 g/mol. The highest BCUT2D eigenvalue weighted by Gasteiger charge is 2.25. The SMILES string of the molecule is O=C1Nc2ccccc2/C1=N\NC(=O)c1cc(-c2ccccc2)n[nH]1. The van der Waals surface area contributed by atoms with Crippen LogP contribution in [0.2, 0.25) is 0 Å². The number of amides is 2. The van der Waals surface area contributed by atoms with E-state index in [0.717, 1.165) is 5.56 Å². The molecule has 4 rings (SSSR count). The molecule has 1 aliphatic heterocycles. The van der Waals surface area contributed by atoms with Gasteiger partial charge in [0.25, 0.3) is 11.8 Å². The molecule has 7 nitrogen and oxygen atoms in total. The Balaban J connectivity index is 1.54. The molecule has 2 aromatic carbocycles. The van der Waals surface area contributed by atoms with E-state index in [1.807, 2.05) is 36.4 Å². The van der Waals surface area contributed by atoms with Crippen LogP contribution in [0.25, 0.3) is 11.3 Å². The van der Waals surface area contributed by atoms with Crippen LogP contribution < -0.4 is 10.7 Å². The van der Waals surface area contributed by atoms with Crippen LogP contribution in [0, 0.1) is 0 Å². The maximum atomic E-state index is 12.2. The molecule has 0 fully saturated rings. The summed E-state index contributed by atoms with van der Waals surface area (Å²) in [6.07, 6.45) is 0. The molecular weight excluding hydrogens is 318 g/mol. The smallest absolute Gasteiger partial charge is 0.289 e. The molecule has 0 atom stereocenters. The Kier molecular flexibility index (Phi) is 3.59. The third-order valence-electron chi connectivity index (χ3n) is 3.81. The molecule has 3 N–H and O–H groups in total. The second kappa shape index (κ2) is 6.04. The first-order valence-electron chi connectivity index (χ1n) is 7.62. The first kappa shape index (κ1) is 14.8. The van der Waals surface area contributed by atoms with Crippen molar-refractivity contribution in [1.29, 1.82) is 0 Å². The van der Waals surface area contributed by atoms with Gasteiger partial charge < -0.3 is 5.32 Å². The maximum Gasteiger partial charge on any atom is 0.289 e. The number of nitrogens with zero attached hydrogens (tertiary/aromatic N) is 2. The van der Waals surface area contributed by atoms with E-state index < -0.39 is 5.91 Å². The van der Waals surface area contributed by atoms with Gasteiger partial charge in [0.2, 0.25) is 0 Å². The molecule has 2 amide bonds. The molecule has 0 unspecified atom stereocenters. The second-order valence-corrected chi connectivity index (χ2v) is 5.43. The number of hydrogen-bond donors (Lipinski definition) is 3.